The van der Waals surface area contributed by atoms with Gasteiger partial charge in [0, 0.05) is 12.0 Å². The molecule has 0 radical (unpaired) electrons. The highest BCUT2D eigenvalue weighted by atomic mass is 16.5. The Bertz CT molecular complexity index is 931. The molecule has 0 saturated heterocycles. The summed E-state index contributed by atoms with van der Waals surface area (Å²) in [6.07, 6.45) is -1.21. The van der Waals surface area contributed by atoms with E-state index in [9.17, 15) is 29.4 Å². The number of carbonyl (C=O) groups excluding carboxylic acids is 3. The number of hydrogen-bond acceptors (Lipinski definition) is 6. The van der Waals surface area contributed by atoms with Crippen LogP contribution in [0.25, 0.3) is 0 Å². The Morgan fingerprint density at radius 3 is 2.40 bits per heavy atom. The van der Waals surface area contributed by atoms with Crippen molar-refractivity contribution in [1.82, 2.24) is 10.6 Å². The van der Waals surface area contributed by atoms with Gasteiger partial charge in [-0.1, -0.05) is 36.4 Å². The van der Waals surface area contributed by atoms with E-state index in [1.165, 1.54) is 12.1 Å². The quantitative estimate of drug-likeness (QED) is 0.398. The molecule has 0 aliphatic heterocycles. The Morgan fingerprint density at radius 2 is 1.77 bits per heavy atom. The first-order chi connectivity index (χ1) is 14.3. The van der Waals surface area contributed by atoms with Crippen LogP contribution in [0.1, 0.15) is 21.5 Å². The molecule has 2 aromatic carbocycles. The lowest BCUT2D eigenvalue weighted by Crippen LogP contribution is -2.43. The second-order valence-corrected chi connectivity index (χ2v) is 6.29. The van der Waals surface area contributed by atoms with Crippen molar-refractivity contribution in [3.63, 3.8) is 0 Å². The topological polar surface area (TPSA) is 168 Å². The predicted molar refractivity (Wildman–Crippen MR) is 105 cm³/mol. The number of ether oxygens (including phenoxy) is 1. The fourth-order valence-electron chi connectivity index (χ4n) is 2.54. The van der Waals surface area contributed by atoms with Gasteiger partial charge in [0.1, 0.15) is 18.4 Å². The van der Waals surface area contributed by atoms with E-state index < -0.39 is 36.5 Å². The summed E-state index contributed by atoms with van der Waals surface area (Å²) in [6, 6.07) is 11.2. The number of alkyl carbamates (subject to hydrolysis) is 1. The first-order valence-electron chi connectivity index (χ1n) is 8.84. The molecule has 0 saturated carbocycles. The number of nitrogens with two attached hydrogens (primary N) is 1. The molecule has 2 aromatic rings. The molecule has 0 spiro atoms. The van der Waals surface area contributed by atoms with E-state index >= 15 is 0 Å². The van der Waals surface area contributed by atoms with Gasteiger partial charge in [0.25, 0.3) is 5.91 Å². The summed E-state index contributed by atoms with van der Waals surface area (Å²) in [7, 11) is 0. The number of carbonyl (C=O) groups is 4. The van der Waals surface area contributed by atoms with Gasteiger partial charge in [-0.3, -0.25) is 9.59 Å². The lowest BCUT2D eigenvalue weighted by atomic mass is 9.99. The minimum atomic E-state index is -1.40. The third-order valence-corrected chi connectivity index (χ3v) is 3.99. The number of carboxylic acid groups (broad SMARTS) is 1. The molecule has 30 heavy (non-hydrogen) atoms. The van der Waals surface area contributed by atoms with Crippen molar-refractivity contribution in [1.29, 1.82) is 0 Å². The van der Waals surface area contributed by atoms with Crippen molar-refractivity contribution in [2.45, 2.75) is 19.1 Å². The van der Waals surface area contributed by atoms with E-state index in [4.69, 9.17) is 10.5 Å². The van der Waals surface area contributed by atoms with Crippen LogP contribution in [0.5, 0.6) is 5.75 Å². The van der Waals surface area contributed by atoms with Gasteiger partial charge in [0.05, 0.1) is 6.54 Å². The van der Waals surface area contributed by atoms with Crippen molar-refractivity contribution >= 4 is 23.9 Å². The molecule has 0 fully saturated rings. The van der Waals surface area contributed by atoms with Crippen LogP contribution in [0.2, 0.25) is 0 Å². The average Bonchev–Trinajstić information content (AvgIpc) is 2.71. The Morgan fingerprint density at radius 1 is 1.07 bits per heavy atom. The van der Waals surface area contributed by atoms with Crippen LogP contribution in [0.3, 0.4) is 0 Å². The fourth-order valence-corrected chi connectivity index (χ4v) is 2.54. The number of primary amides is 1. The summed E-state index contributed by atoms with van der Waals surface area (Å²) >= 11 is 0. The van der Waals surface area contributed by atoms with Crippen molar-refractivity contribution in [3.8, 4) is 5.75 Å². The number of phenolic OH excluding ortho intramolecular Hbond substituents is 1. The second kappa shape index (κ2) is 10.5. The summed E-state index contributed by atoms with van der Waals surface area (Å²) in [6.45, 7) is -0.473. The normalized spacial score (nSPS) is 11.2. The molecular weight excluding hydrogens is 394 g/mol. The molecule has 0 unspecified atom stereocenters. The minimum absolute atomic E-state index is 0.0427. The Labute approximate surface area is 171 Å². The molecule has 158 valence electrons. The molecule has 3 amide bonds. The molecule has 0 heterocycles. The number of amides is 3. The van der Waals surface area contributed by atoms with Gasteiger partial charge in [-0.05, 0) is 23.3 Å². The Balaban J connectivity index is 2.08. The zero-order valence-corrected chi connectivity index (χ0v) is 15.8. The number of aliphatic carboxylic acids is 1. The first-order valence-corrected chi connectivity index (χ1v) is 8.84. The van der Waals surface area contributed by atoms with Crippen LogP contribution < -0.4 is 16.4 Å². The van der Waals surface area contributed by atoms with Crippen molar-refractivity contribution in [3.05, 3.63) is 65.2 Å². The summed E-state index contributed by atoms with van der Waals surface area (Å²) in [4.78, 5) is 46.7. The third-order valence-electron chi connectivity index (χ3n) is 3.99. The zero-order valence-electron chi connectivity index (χ0n) is 15.8. The molecule has 0 aromatic heterocycles. The number of nitrogens with one attached hydrogen (secondary N) is 2. The van der Waals surface area contributed by atoms with Crippen molar-refractivity contribution < 1.29 is 34.1 Å². The first kappa shape index (κ1) is 22.2. The summed E-state index contributed by atoms with van der Waals surface area (Å²) in [5, 5.41) is 23.6. The maximum atomic E-state index is 12.3. The largest absolute Gasteiger partial charge is 0.508 e. The van der Waals surface area contributed by atoms with Crippen LogP contribution in [-0.4, -0.2) is 46.7 Å². The Hall–Kier alpha value is -4.08. The van der Waals surface area contributed by atoms with Crippen LogP contribution >= 0.6 is 0 Å². The number of benzene rings is 2. The van der Waals surface area contributed by atoms with Gasteiger partial charge in [0.15, 0.2) is 0 Å². The highest BCUT2D eigenvalue weighted by molar-refractivity contribution is 5.98. The lowest BCUT2D eigenvalue weighted by molar-refractivity contribution is -0.139. The highest BCUT2D eigenvalue weighted by Crippen LogP contribution is 2.18. The minimum Gasteiger partial charge on any atom is -0.508 e. The maximum Gasteiger partial charge on any atom is 0.408 e. The fraction of sp³-hybridized carbons (Fsp3) is 0.200. The number of carboxylic acids is 1. The van der Waals surface area contributed by atoms with Crippen molar-refractivity contribution in [2.24, 2.45) is 5.73 Å². The van der Waals surface area contributed by atoms with E-state index in [2.05, 4.69) is 10.6 Å². The van der Waals surface area contributed by atoms with Crippen LogP contribution in [0, 0.1) is 0 Å². The van der Waals surface area contributed by atoms with Gasteiger partial charge in [-0.25, -0.2) is 9.59 Å². The van der Waals surface area contributed by atoms with Crippen LogP contribution in [0.15, 0.2) is 48.5 Å². The van der Waals surface area contributed by atoms with Gasteiger partial charge in [0.2, 0.25) is 5.91 Å². The smallest absolute Gasteiger partial charge is 0.408 e. The number of aromatic hydroxyl groups is 1. The van der Waals surface area contributed by atoms with Crippen LogP contribution in [-0.2, 0) is 27.4 Å². The third kappa shape index (κ3) is 6.82. The zero-order chi connectivity index (χ0) is 22.1. The summed E-state index contributed by atoms with van der Waals surface area (Å²) < 4.78 is 5.02. The van der Waals surface area contributed by atoms with Gasteiger partial charge < -0.3 is 31.3 Å². The molecule has 0 bridgehead atoms. The average molecular weight is 415 g/mol. The molecule has 1 atom stereocenters. The van der Waals surface area contributed by atoms with Gasteiger partial charge >= 0.3 is 12.1 Å². The standard InChI is InChI=1S/C20H21N3O7/c21-17(25)10-22-18(26)15-9-14(24)7-6-13(15)8-16(19(27)28)23-20(29)30-11-12-4-2-1-3-5-12/h1-7,9,16,24H,8,10-11H2,(H2,21,25)(H,22,26)(H,23,29)(H,27,28)/t16-/m0/s1. The molecule has 2 rings (SSSR count). The molecular formula is C20H21N3O7. The maximum absolute atomic E-state index is 12.3. The monoisotopic (exact) mass is 415 g/mol. The second-order valence-electron chi connectivity index (χ2n) is 6.29. The van der Waals surface area contributed by atoms with Gasteiger partial charge in [-0.2, -0.15) is 0 Å². The lowest BCUT2D eigenvalue weighted by Gasteiger charge is -2.17. The van der Waals surface area contributed by atoms with E-state index in [-0.39, 0.29) is 29.9 Å². The number of phenols is 1. The predicted octanol–water partition coefficient (Wildman–Crippen LogP) is 0.529. The van der Waals surface area contributed by atoms with E-state index in [1.54, 1.807) is 30.3 Å². The number of hydrogen-bond donors (Lipinski definition) is 5. The molecule has 0 aliphatic rings. The molecule has 6 N–H and O–H groups in total. The van der Waals surface area contributed by atoms with Crippen LogP contribution in [0.4, 0.5) is 4.79 Å². The van der Waals surface area contributed by atoms with Gasteiger partial charge in [-0.15, -0.1) is 0 Å². The van der Waals surface area contributed by atoms with E-state index in [0.717, 1.165) is 11.6 Å². The molecule has 10 nitrogen and oxygen atoms in total. The SMILES string of the molecule is NC(=O)CNC(=O)c1cc(O)ccc1C[C@H](NC(=O)OCc1ccccc1)C(=O)O. The van der Waals surface area contributed by atoms with E-state index in [0.29, 0.717) is 0 Å². The van der Waals surface area contributed by atoms with E-state index in [1.807, 2.05) is 0 Å². The molecule has 10 heteroatoms. The summed E-state index contributed by atoms with van der Waals surface area (Å²) in [5.74, 6) is -3.07. The highest BCUT2D eigenvalue weighted by Gasteiger charge is 2.24. The molecule has 0 aliphatic carbocycles. The van der Waals surface area contributed by atoms with Crippen molar-refractivity contribution in [2.75, 3.05) is 6.54 Å². The summed E-state index contributed by atoms with van der Waals surface area (Å²) in [5.41, 5.74) is 5.89. The Kier molecular flexibility index (Phi) is 7.74. The number of rotatable bonds is 9.